The Balaban J connectivity index is 2.32. The lowest BCUT2D eigenvalue weighted by molar-refractivity contribution is 0.370. The molecule has 0 bridgehead atoms. The summed E-state index contributed by atoms with van der Waals surface area (Å²) in [5.74, 6) is 0. The highest BCUT2D eigenvalue weighted by molar-refractivity contribution is 4.87. The number of hydrogen-bond donors (Lipinski definition) is 1. The third-order valence-electron chi connectivity index (χ3n) is 0.701. The second-order valence-corrected chi connectivity index (χ2v) is 1.25. The Morgan fingerprint density at radius 2 is 2.67 bits per heavy atom. The molecule has 0 aromatic heterocycles. The average Bonchev–Trinajstić information content (AvgIpc) is 1.86. The van der Waals surface area contributed by atoms with Gasteiger partial charge < -0.3 is 5.43 Å². The van der Waals surface area contributed by atoms with E-state index in [1.54, 1.807) is 5.01 Å². The Hall–Kier alpha value is -0.500. The molecule has 2 heteroatoms. The van der Waals surface area contributed by atoms with Crippen LogP contribution in [0.1, 0.15) is 0 Å². The standard InChI is InChI=1S/C4H7N2/c1-6-4-2-3-5-6/h2-3,5H,1,4H2. The summed E-state index contributed by atoms with van der Waals surface area (Å²) in [6, 6.07) is 0. The number of hydrogen-bond acceptors (Lipinski definition) is 2. The highest BCUT2D eigenvalue weighted by Crippen LogP contribution is 1.85. The van der Waals surface area contributed by atoms with Gasteiger partial charge >= 0.3 is 0 Å². The fourth-order valence-corrected chi connectivity index (χ4v) is 0.391. The molecule has 1 N–H and O–H groups in total. The van der Waals surface area contributed by atoms with Crippen molar-refractivity contribution in [1.82, 2.24) is 10.4 Å². The van der Waals surface area contributed by atoms with Gasteiger partial charge in [-0.15, -0.1) is 0 Å². The van der Waals surface area contributed by atoms with Crippen molar-refractivity contribution in [2.24, 2.45) is 0 Å². The molecule has 0 fully saturated rings. The van der Waals surface area contributed by atoms with Crippen LogP contribution < -0.4 is 5.43 Å². The zero-order valence-electron chi connectivity index (χ0n) is 3.52. The molecule has 0 saturated carbocycles. The molecule has 0 spiro atoms. The van der Waals surface area contributed by atoms with Crippen molar-refractivity contribution in [3.05, 3.63) is 19.3 Å². The molecular weight excluding hydrogens is 76.1 g/mol. The molecule has 1 aliphatic rings. The van der Waals surface area contributed by atoms with E-state index in [2.05, 4.69) is 12.5 Å². The zero-order valence-corrected chi connectivity index (χ0v) is 3.52. The summed E-state index contributed by atoms with van der Waals surface area (Å²) in [5, 5.41) is 1.75. The van der Waals surface area contributed by atoms with Crippen LogP contribution in [0.4, 0.5) is 0 Å². The number of rotatable bonds is 0. The number of nitrogens with zero attached hydrogens (tertiary/aromatic N) is 1. The summed E-state index contributed by atoms with van der Waals surface area (Å²) in [4.78, 5) is 0. The van der Waals surface area contributed by atoms with Gasteiger partial charge in [0, 0.05) is 19.8 Å². The summed E-state index contributed by atoms with van der Waals surface area (Å²) in [6.45, 7) is 0.917. The molecule has 1 radical (unpaired) electrons. The lowest BCUT2D eigenvalue weighted by Crippen LogP contribution is -2.21. The van der Waals surface area contributed by atoms with Crippen LogP contribution in [0.25, 0.3) is 0 Å². The molecule has 0 saturated heterocycles. The second-order valence-electron chi connectivity index (χ2n) is 1.25. The minimum atomic E-state index is 0.917. The van der Waals surface area contributed by atoms with Gasteiger partial charge in [-0.3, -0.25) is 0 Å². The topological polar surface area (TPSA) is 15.3 Å². The maximum atomic E-state index is 3.60. The first-order valence-corrected chi connectivity index (χ1v) is 1.89. The summed E-state index contributed by atoms with van der Waals surface area (Å²) in [7, 11) is 3.60. The monoisotopic (exact) mass is 83.1 g/mol. The smallest absolute Gasteiger partial charge is 0.0377 e. The van der Waals surface area contributed by atoms with E-state index < -0.39 is 0 Å². The maximum Gasteiger partial charge on any atom is 0.0377 e. The Morgan fingerprint density at radius 3 is 2.83 bits per heavy atom. The molecule has 0 unspecified atom stereocenters. The Kier molecular flexibility index (Phi) is 0.801. The van der Waals surface area contributed by atoms with E-state index >= 15 is 0 Å². The van der Waals surface area contributed by atoms with Crippen molar-refractivity contribution in [2.45, 2.75) is 0 Å². The van der Waals surface area contributed by atoms with E-state index in [1.807, 2.05) is 12.3 Å². The predicted octanol–water partition coefficient (Wildman–Crippen LogP) is 0.112. The van der Waals surface area contributed by atoms with Crippen LogP contribution in [0.2, 0.25) is 0 Å². The zero-order chi connectivity index (χ0) is 4.41. The molecule has 1 rings (SSSR count). The molecule has 0 aromatic carbocycles. The van der Waals surface area contributed by atoms with E-state index in [0.717, 1.165) is 6.54 Å². The molecular formula is C4H7N2. The van der Waals surface area contributed by atoms with Gasteiger partial charge in [-0.25, -0.2) is 5.01 Å². The highest BCUT2D eigenvalue weighted by atomic mass is 15.5. The first-order chi connectivity index (χ1) is 2.89. The van der Waals surface area contributed by atoms with Crippen molar-refractivity contribution in [3.8, 4) is 0 Å². The minimum Gasteiger partial charge on any atom is -0.326 e. The second kappa shape index (κ2) is 1.30. The quantitative estimate of drug-likeness (QED) is 0.447. The third-order valence-corrected chi connectivity index (χ3v) is 0.701. The number of hydrazine groups is 1. The first-order valence-electron chi connectivity index (χ1n) is 1.89. The Labute approximate surface area is 37.4 Å². The maximum absolute atomic E-state index is 3.60. The van der Waals surface area contributed by atoms with E-state index in [4.69, 9.17) is 0 Å². The van der Waals surface area contributed by atoms with Crippen LogP contribution in [0.5, 0.6) is 0 Å². The SMILES string of the molecule is [CH2]N1CC=CN1. The van der Waals surface area contributed by atoms with Gasteiger partial charge in [0.1, 0.15) is 0 Å². The van der Waals surface area contributed by atoms with Gasteiger partial charge in [-0.2, -0.15) is 0 Å². The molecule has 2 nitrogen and oxygen atoms in total. The summed E-state index contributed by atoms with van der Waals surface area (Å²) in [6.07, 6.45) is 3.88. The van der Waals surface area contributed by atoms with Gasteiger partial charge in [-0.05, 0) is 0 Å². The van der Waals surface area contributed by atoms with Gasteiger partial charge in [0.05, 0.1) is 0 Å². The van der Waals surface area contributed by atoms with E-state index in [-0.39, 0.29) is 0 Å². The van der Waals surface area contributed by atoms with Crippen molar-refractivity contribution in [1.29, 1.82) is 0 Å². The highest BCUT2D eigenvalue weighted by Gasteiger charge is 1.93. The van der Waals surface area contributed by atoms with Crippen LogP contribution in [-0.2, 0) is 0 Å². The molecule has 0 aromatic rings. The van der Waals surface area contributed by atoms with E-state index in [0.29, 0.717) is 0 Å². The Bertz CT molecular complexity index is 59.9. The van der Waals surface area contributed by atoms with Gasteiger partial charge in [0.15, 0.2) is 0 Å². The fourth-order valence-electron chi connectivity index (χ4n) is 0.391. The number of nitrogens with one attached hydrogen (secondary N) is 1. The molecule has 33 valence electrons. The third kappa shape index (κ3) is 0.518. The normalized spacial score (nSPS) is 21.5. The molecule has 0 atom stereocenters. The van der Waals surface area contributed by atoms with Crippen LogP contribution in [0, 0.1) is 7.05 Å². The lowest BCUT2D eigenvalue weighted by atomic mass is 10.6. The van der Waals surface area contributed by atoms with E-state index in [1.165, 1.54) is 0 Å². The summed E-state index contributed by atoms with van der Waals surface area (Å²) in [5.41, 5.74) is 2.86. The van der Waals surface area contributed by atoms with Crippen molar-refractivity contribution in [2.75, 3.05) is 6.54 Å². The van der Waals surface area contributed by atoms with Gasteiger partial charge in [0.2, 0.25) is 0 Å². The van der Waals surface area contributed by atoms with Crippen LogP contribution in [0.3, 0.4) is 0 Å². The van der Waals surface area contributed by atoms with Crippen LogP contribution >= 0.6 is 0 Å². The van der Waals surface area contributed by atoms with Gasteiger partial charge in [0.25, 0.3) is 0 Å². The molecule has 0 amide bonds. The van der Waals surface area contributed by atoms with Gasteiger partial charge in [-0.1, -0.05) is 6.08 Å². The molecule has 1 heterocycles. The van der Waals surface area contributed by atoms with Crippen LogP contribution in [0.15, 0.2) is 12.3 Å². The van der Waals surface area contributed by atoms with Crippen molar-refractivity contribution in [3.63, 3.8) is 0 Å². The lowest BCUT2D eigenvalue weighted by Gasteiger charge is -2.04. The van der Waals surface area contributed by atoms with Crippen molar-refractivity contribution >= 4 is 0 Å². The molecule has 0 aliphatic carbocycles. The predicted molar refractivity (Wildman–Crippen MR) is 24.3 cm³/mol. The van der Waals surface area contributed by atoms with E-state index in [9.17, 15) is 0 Å². The first kappa shape index (κ1) is 3.68. The summed E-state index contributed by atoms with van der Waals surface area (Å²) < 4.78 is 0. The summed E-state index contributed by atoms with van der Waals surface area (Å²) >= 11 is 0. The Morgan fingerprint density at radius 1 is 1.83 bits per heavy atom. The minimum absolute atomic E-state index is 0.917. The van der Waals surface area contributed by atoms with Crippen molar-refractivity contribution < 1.29 is 0 Å². The average molecular weight is 83.1 g/mol. The molecule has 1 aliphatic heterocycles. The largest absolute Gasteiger partial charge is 0.326 e. The fraction of sp³-hybridized carbons (Fsp3) is 0.250. The van der Waals surface area contributed by atoms with Crippen LogP contribution in [-0.4, -0.2) is 11.6 Å². The molecule has 6 heavy (non-hydrogen) atoms.